The Morgan fingerprint density at radius 2 is 1.71 bits per heavy atom. The first-order valence-corrected chi connectivity index (χ1v) is 13.6. The van der Waals surface area contributed by atoms with Crippen LogP contribution >= 0.6 is 0 Å². The summed E-state index contributed by atoms with van der Waals surface area (Å²) in [5, 5.41) is 0. The lowest BCUT2D eigenvalue weighted by molar-refractivity contribution is 0.202. The molecule has 1 saturated heterocycles. The minimum atomic E-state index is -1.46. The van der Waals surface area contributed by atoms with Gasteiger partial charge in [-0.3, -0.25) is 4.90 Å². The molecule has 126 valence electrons. The van der Waals surface area contributed by atoms with Crippen LogP contribution in [-0.4, -0.2) is 66.5 Å². The van der Waals surface area contributed by atoms with Crippen LogP contribution in [0.2, 0.25) is 25.2 Å². The van der Waals surface area contributed by atoms with E-state index in [1.807, 2.05) is 0 Å². The van der Waals surface area contributed by atoms with Crippen molar-refractivity contribution < 1.29 is 8.85 Å². The Morgan fingerprint density at radius 1 is 1.10 bits per heavy atom. The van der Waals surface area contributed by atoms with Gasteiger partial charge in [0.25, 0.3) is 0 Å². The van der Waals surface area contributed by atoms with Gasteiger partial charge in [0.2, 0.25) is 0 Å². The fourth-order valence-corrected chi connectivity index (χ4v) is 6.17. The number of hydrogen-bond acceptors (Lipinski definition) is 4. The average molecular weight is 333 g/mol. The summed E-state index contributed by atoms with van der Waals surface area (Å²) in [6, 6.07) is 0. The lowest BCUT2D eigenvalue weighted by atomic mass is 10.2. The summed E-state index contributed by atoms with van der Waals surface area (Å²) in [6.45, 7) is 20.3. The van der Waals surface area contributed by atoms with Gasteiger partial charge in [-0.1, -0.05) is 26.6 Å². The monoisotopic (exact) mass is 332 g/mol. The molecule has 0 aromatic carbocycles. The van der Waals surface area contributed by atoms with Crippen LogP contribution in [0.3, 0.4) is 0 Å². The molecule has 0 bridgehead atoms. The van der Waals surface area contributed by atoms with Crippen LogP contribution in [0.1, 0.15) is 33.6 Å². The van der Waals surface area contributed by atoms with Gasteiger partial charge < -0.3 is 13.4 Å². The standard InChI is InChI=1S/C15H36N2O2Si2/c1-7-18-20(19-8-2)15(3)10-9-11-16-12-13-17(14-16)21(4,5)6/h15,20H,7-14H2,1-6H3. The zero-order chi connectivity index (χ0) is 15.9. The van der Waals surface area contributed by atoms with Gasteiger partial charge in [0.15, 0.2) is 0 Å². The number of nitrogens with zero attached hydrogens (tertiary/aromatic N) is 2. The topological polar surface area (TPSA) is 24.9 Å². The molecule has 0 N–H and O–H groups in total. The summed E-state index contributed by atoms with van der Waals surface area (Å²) in [7, 11) is -2.56. The molecule has 1 unspecified atom stereocenters. The predicted molar refractivity (Wildman–Crippen MR) is 95.6 cm³/mol. The van der Waals surface area contributed by atoms with Crippen molar-refractivity contribution in [1.82, 2.24) is 9.47 Å². The van der Waals surface area contributed by atoms with Crippen molar-refractivity contribution in [1.29, 1.82) is 0 Å². The van der Waals surface area contributed by atoms with E-state index in [4.69, 9.17) is 8.85 Å². The second kappa shape index (κ2) is 9.42. The van der Waals surface area contributed by atoms with Gasteiger partial charge in [-0.05, 0) is 38.8 Å². The largest absolute Gasteiger partial charge is 0.397 e. The maximum absolute atomic E-state index is 5.83. The summed E-state index contributed by atoms with van der Waals surface area (Å²) in [6.07, 6.45) is 2.50. The van der Waals surface area contributed by atoms with Crippen LogP contribution in [0.5, 0.6) is 0 Å². The van der Waals surface area contributed by atoms with E-state index in [1.54, 1.807) is 0 Å². The van der Waals surface area contributed by atoms with Gasteiger partial charge in [-0.25, -0.2) is 0 Å². The van der Waals surface area contributed by atoms with Crippen molar-refractivity contribution in [3.05, 3.63) is 0 Å². The molecule has 1 fully saturated rings. The lowest BCUT2D eigenvalue weighted by Crippen LogP contribution is -2.45. The fraction of sp³-hybridized carbons (Fsp3) is 1.00. The molecule has 0 amide bonds. The first-order chi connectivity index (χ1) is 9.88. The normalized spacial score (nSPS) is 19.6. The van der Waals surface area contributed by atoms with E-state index >= 15 is 0 Å². The molecule has 0 spiro atoms. The number of hydrogen-bond donors (Lipinski definition) is 0. The summed E-state index contributed by atoms with van der Waals surface area (Å²) in [4.78, 5) is 2.61. The van der Waals surface area contributed by atoms with Crippen LogP contribution in [0.4, 0.5) is 0 Å². The van der Waals surface area contributed by atoms with Crippen LogP contribution in [0, 0.1) is 0 Å². The Bertz CT molecular complexity index is 281. The van der Waals surface area contributed by atoms with E-state index in [0.717, 1.165) is 13.2 Å². The van der Waals surface area contributed by atoms with E-state index in [0.29, 0.717) is 5.54 Å². The fourth-order valence-electron chi connectivity index (χ4n) is 2.85. The SMILES string of the molecule is CCO[SiH](OCC)C(C)CCCN1CCN([Si](C)(C)C)C1. The van der Waals surface area contributed by atoms with Crippen LogP contribution in [0.15, 0.2) is 0 Å². The molecular weight excluding hydrogens is 296 g/mol. The van der Waals surface area contributed by atoms with Gasteiger partial charge in [0, 0.05) is 33.0 Å². The van der Waals surface area contributed by atoms with Crippen molar-refractivity contribution in [3.8, 4) is 0 Å². The molecule has 0 aromatic heterocycles. The van der Waals surface area contributed by atoms with E-state index in [1.165, 1.54) is 39.1 Å². The molecular formula is C15H36N2O2Si2. The molecule has 4 nitrogen and oxygen atoms in total. The highest BCUT2D eigenvalue weighted by molar-refractivity contribution is 6.73. The molecule has 0 radical (unpaired) electrons. The molecule has 1 atom stereocenters. The summed E-state index contributed by atoms with van der Waals surface area (Å²) < 4.78 is 14.4. The smallest absolute Gasteiger partial charge is 0.324 e. The molecule has 1 heterocycles. The van der Waals surface area contributed by atoms with Crippen molar-refractivity contribution >= 4 is 17.5 Å². The maximum atomic E-state index is 5.83. The highest BCUT2D eigenvalue weighted by atomic mass is 28.3. The predicted octanol–water partition coefficient (Wildman–Crippen LogP) is 2.86. The van der Waals surface area contributed by atoms with E-state index in [2.05, 4.69) is 49.9 Å². The highest BCUT2D eigenvalue weighted by Gasteiger charge is 2.30. The summed E-state index contributed by atoms with van der Waals surface area (Å²) >= 11 is 0. The van der Waals surface area contributed by atoms with Gasteiger partial charge in [-0.15, -0.1) is 0 Å². The molecule has 1 aliphatic heterocycles. The van der Waals surface area contributed by atoms with Crippen molar-refractivity contribution in [2.45, 2.75) is 58.8 Å². The first-order valence-electron chi connectivity index (χ1n) is 8.59. The van der Waals surface area contributed by atoms with Gasteiger partial charge in [0.05, 0.1) is 0 Å². The Labute approximate surface area is 134 Å². The summed E-state index contributed by atoms with van der Waals surface area (Å²) in [5.41, 5.74) is 0.612. The van der Waals surface area contributed by atoms with Crippen LogP contribution in [-0.2, 0) is 8.85 Å². The molecule has 21 heavy (non-hydrogen) atoms. The zero-order valence-electron chi connectivity index (χ0n) is 15.0. The molecule has 0 aliphatic carbocycles. The van der Waals surface area contributed by atoms with E-state index in [-0.39, 0.29) is 0 Å². The van der Waals surface area contributed by atoms with Gasteiger partial charge >= 0.3 is 9.28 Å². The molecule has 1 rings (SSSR count). The first kappa shape index (κ1) is 19.3. The third-order valence-electron chi connectivity index (χ3n) is 4.27. The third-order valence-corrected chi connectivity index (χ3v) is 9.11. The second-order valence-corrected chi connectivity index (χ2v) is 14.6. The molecule has 0 saturated carbocycles. The van der Waals surface area contributed by atoms with Crippen molar-refractivity contribution in [2.24, 2.45) is 0 Å². The van der Waals surface area contributed by atoms with Crippen molar-refractivity contribution in [3.63, 3.8) is 0 Å². The molecule has 6 heteroatoms. The Balaban J connectivity index is 2.24. The Hall–Kier alpha value is 0.274. The van der Waals surface area contributed by atoms with E-state index < -0.39 is 17.5 Å². The average Bonchev–Trinajstić information content (AvgIpc) is 2.87. The van der Waals surface area contributed by atoms with Crippen molar-refractivity contribution in [2.75, 3.05) is 39.5 Å². The maximum Gasteiger partial charge on any atom is 0.324 e. The zero-order valence-corrected chi connectivity index (χ0v) is 17.2. The minimum absolute atomic E-state index is 0.612. The Morgan fingerprint density at radius 3 is 2.19 bits per heavy atom. The highest BCUT2D eigenvalue weighted by Crippen LogP contribution is 2.20. The van der Waals surface area contributed by atoms with E-state index in [9.17, 15) is 0 Å². The molecule has 0 aromatic rings. The van der Waals surface area contributed by atoms with Crippen LogP contribution in [0.25, 0.3) is 0 Å². The summed E-state index contributed by atoms with van der Waals surface area (Å²) in [5.74, 6) is 0. The second-order valence-electron chi connectivity index (χ2n) is 7.09. The molecule has 1 aliphatic rings. The van der Waals surface area contributed by atoms with Gasteiger partial charge in [-0.2, -0.15) is 0 Å². The third kappa shape index (κ3) is 6.92. The Kier molecular flexibility index (Phi) is 8.67. The lowest BCUT2D eigenvalue weighted by Gasteiger charge is -2.29. The minimum Gasteiger partial charge on any atom is -0.397 e. The van der Waals surface area contributed by atoms with Crippen LogP contribution < -0.4 is 0 Å². The number of rotatable bonds is 10. The quantitative estimate of drug-likeness (QED) is 0.574. The van der Waals surface area contributed by atoms with Gasteiger partial charge in [0.1, 0.15) is 8.24 Å².